The lowest BCUT2D eigenvalue weighted by molar-refractivity contribution is 0.709. The molecular formula is C20H18N4. The van der Waals surface area contributed by atoms with E-state index in [4.69, 9.17) is 0 Å². The van der Waals surface area contributed by atoms with Crippen molar-refractivity contribution in [1.29, 1.82) is 0 Å². The minimum absolute atomic E-state index is 0.852. The first-order valence-electron chi connectivity index (χ1n) is 8.08. The van der Waals surface area contributed by atoms with Crippen LogP contribution in [-0.4, -0.2) is 19.5 Å². The van der Waals surface area contributed by atoms with Crippen LogP contribution in [0, 0.1) is 6.92 Å². The van der Waals surface area contributed by atoms with Gasteiger partial charge in [-0.25, -0.2) is 15.0 Å². The van der Waals surface area contributed by atoms with E-state index in [9.17, 15) is 0 Å². The van der Waals surface area contributed by atoms with Gasteiger partial charge in [-0.1, -0.05) is 60.2 Å². The number of hydrogen-bond acceptors (Lipinski definition) is 3. The van der Waals surface area contributed by atoms with Crippen LogP contribution in [0.25, 0.3) is 22.4 Å². The average Bonchev–Trinajstić information content (AvgIpc) is 3.05. The second-order valence-electron chi connectivity index (χ2n) is 5.93. The topological polar surface area (TPSA) is 43.6 Å². The molecule has 0 atom stereocenters. The highest BCUT2D eigenvalue weighted by Crippen LogP contribution is 2.24. The maximum atomic E-state index is 4.57. The molecule has 2 aromatic heterocycles. The summed E-state index contributed by atoms with van der Waals surface area (Å²) in [5, 5.41) is 0. The van der Waals surface area contributed by atoms with Gasteiger partial charge in [-0.3, -0.25) is 0 Å². The molecule has 0 aliphatic carbocycles. The second-order valence-corrected chi connectivity index (χ2v) is 5.93. The zero-order valence-electron chi connectivity index (χ0n) is 13.6. The normalized spacial score (nSPS) is 11.0. The Morgan fingerprint density at radius 2 is 1.67 bits per heavy atom. The minimum atomic E-state index is 0.852. The molecule has 0 saturated heterocycles. The van der Waals surface area contributed by atoms with Crippen molar-refractivity contribution >= 4 is 11.2 Å². The standard InChI is InChI=1S/C20H18N4/c1-15-7-9-17(10-8-15)18-19-20(22-13-21-18)24(14-23-19)12-11-16-5-3-2-4-6-16/h2-10,13-14H,11-12H2,1H3. The van der Waals surface area contributed by atoms with Crippen molar-refractivity contribution in [2.75, 3.05) is 0 Å². The van der Waals surface area contributed by atoms with Crippen LogP contribution in [0.3, 0.4) is 0 Å². The van der Waals surface area contributed by atoms with Gasteiger partial charge >= 0.3 is 0 Å². The Bertz CT molecular complexity index is 956. The number of nitrogens with zero attached hydrogens (tertiary/aromatic N) is 4. The monoisotopic (exact) mass is 314 g/mol. The first kappa shape index (κ1) is 14.6. The molecule has 0 saturated carbocycles. The van der Waals surface area contributed by atoms with Gasteiger partial charge in [-0.05, 0) is 18.9 Å². The van der Waals surface area contributed by atoms with Crippen molar-refractivity contribution in [3.63, 3.8) is 0 Å². The lowest BCUT2D eigenvalue weighted by atomic mass is 10.1. The second kappa shape index (κ2) is 6.24. The van der Waals surface area contributed by atoms with Gasteiger partial charge in [-0.2, -0.15) is 0 Å². The predicted octanol–water partition coefficient (Wildman–Crippen LogP) is 4.04. The van der Waals surface area contributed by atoms with Crippen molar-refractivity contribution in [3.8, 4) is 11.3 Å². The van der Waals surface area contributed by atoms with Gasteiger partial charge < -0.3 is 4.57 Å². The van der Waals surface area contributed by atoms with Crippen LogP contribution < -0.4 is 0 Å². The molecule has 0 radical (unpaired) electrons. The molecule has 0 amide bonds. The van der Waals surface area contributed by atoms with E-state index in [1.807, 2.05) is 12.4 Å². The lowest BCUT2D eigenvalue weighted by Crippen LogP contribution is -2.01. The molecule has 4 heteroatoms. The molecule has 4 aromatic rings. The summed E-state index contributed by atoms with van der Waals surface area (Å²) in [6.45, 7) is 2.93. The third kappa shape index (κ3) is 2.78. The summed E-state index contributed by atoms with van der Waals surface area (Å²) in [6, 6.07) is 18.8. The molecule has 0 aliphatic rings. The Morgan fingerprint density at radius 3 is 2.46 bits per heavy atom. The Morgan fingerprint density at radius 1 is 0.875 bits per heavy atom. The SMILES string of the molecule is Cc1ccc(-c2ncnc3c2ncn3CCc2ccccc2)cc1. The van der Waals surface area contributed by atoms with E-state index in [1.165, 1.54) is 11.1 Å². The van der Waals surface area contributed by atoms with E-state index in [0.29, 0.717) is 0 Å². The zero-order valence-corrected chi connectivity index (χ0v) is 13.6. The number of hydrogen-bond donors (Lipinski definition) is 0. The molecule has 4 rings (SSSR count). The van der Waals surface area contributed by atoms with Crippen molar-refractivity contribution in [3.05, 3.63) is 78.4 Å². The van der Waals surface area contributed by atoms with Crippen molar-refractivity contribution in [1.82, 2.24) is 19.5 Å². The van der Waals surface area contributed by atoms with Gasteiger partial charge in [0.15, 0.2) is 5.65 Å². The van der Waals surface area contributed by atoms with E-state index in [2.05, 4.69) is 75.0 Å². The van der Waals surface area contributed by atoms with Crippen LogP contribution in [0.5, 0.6) is 0 Å². The Hall–Kier alpha value is -3.01. The summed E-state index contributed by atoms with van der Waals surface area (Å²) in [7, 11) is 0. The molecule has 24 heavy (non-hydrogen) atoms. The summed E-state index contributed by atoms with van der Waals surface area (Å²) in [6.07, 6.45) is 4.44. The van der Waals surface area contributed by atoms with Crippen LogP contribution in [0.4, 0.5) is 0 Å². The largest absolute Gasteiger partial charge is 0.315 e. The highest BCUT2D eigenvalue weighted by Gasteiger charge is 2.11. The Balaban J connectivity index is 1.67. The summed E-state index contributed by atoms with van der Waals surface area (Å²) < 4.78 is 2.10. The molecule has 2 aromatic carbocycles. The van der Waals surface area contributed by atoms with Gasteiger partial charge in [-0.15, -0.1) is 0 Å². The Kier molecular flexibility index (Phi) is 3.79. The quantitative estimate of drug-likeness (QED) is 0.571. The van der Waals surface area contributed by atoms with Crippen LogP contribution >= 0.6 is 0 Å². The summed E-state index contributed by atoms with van der Waals surface area (Å²) in [5.74, 6) is 0. The van der Waals surface area contributed by atoms with Gasteiger partial charge in [0, 0.05) is 12.1 Å². The maximum absolute atomic E-state index is 4.57. The molecule has 4 nitrogen and oxygen atoms in total. The van der Waals surface area contributed by atoms with Crippen LogP contribution in [0.1, 0.15) is 11.1 Å². The van der Waals surface area contributed by atoms with Crippen molar-refractivity contribution < 1.29 is 0 Å². The molecule has 2 heterocycles. The molecule has 0 bridgehead atoms. The zero-order chi connectivity index (χ0) is 16.4. The van der Waals surface area contributed by atoms with E-state index < -0.39 is 0 Å². The molecule has 0 spiro atoms. The van der Waals surface area contributed by atoms with Gasteiger partial charge in [0.1, 0.15) is 17.5 Å². The third-order valence-electron chi connectivity index (χ3n) is 4.21. The molecule has 0 unspecified atom stereocenters. The maximum Gasteiger partial charge on any atom is 0.163 e. The highest BCUT2D eigenvalue weighted by atomic mass is 15.1. The average molecular weight is 314 g/mol. The van der Waals surface area contributed by atoms with E-state index in [-0.39, 0.29) is 0 Å². The van der Waals surface area contributed by atoms with Gasteiger partial charge in [0.25, 0.3) is 0 Å². The van der Waals surface area contributed by atoms with E-state index in [0.717, 1.165) is 35.4 Å². The van der Waals surface area contributed by atoms with Crippen LogP contribution in [-0.2, 0) is 13.0 Å². The molecular weight excluding hydrogens is 296 g/mol. The Labute approximate surface area is 140 Å². The van der Waals surface area contributed by atoms with Crippen LogP contribution in [0.15, 0.2) is 67.3 Å². The first-order chi connectivity index (χ1) is 11.8. The highest BCUT2D eigenvalue weighted by molar-refractivity contribution is 5.87. The fourth-order valence-electron chi connectivity index (χ4n) is 2.86. The summed E-state index contributed by atoms with van der Waals surface area (Å²) in [5.41, 5.74) is 6.25. The number of imidazole rings is 1. The number of aryl methyl sites for hydroxylation is 3. The molecule has 0 fully saturated rings. The number of fused-ring (bicyclic) bond motifs is 1. The van der Waals surface area contributed by atoms with Crippen LogP contribution in [0.2, 0.25) is 0 Å². The van der Waals surface area contributed by atoms with Gasteiger partial charge in [0.2, 0.25) is 0 Å². The smallest absolute Gasteiger partial charge is 0.163 e. The fraction of sp³-hybridized carbons (Fsp3) is 0.150. The minimum Gasteiger partial charge on any atom is -0.315 e. The first-order valence-corrected chi connectivity index (χ1v) is 8.08. The molecule has 0 aliphatic heterocycles. The molecule has 0 N–H and O–H groups in total. The number of benzene rings is 2. The fourth-order valence-corrected chi connectivity index (χ4v) is 2.86. The summed E-state index contributed by atoms with van der Waals surface area (Å²) in [4.78, 5) is 13.5. The number of aromatic nitrogens is 4. The third-order valence-corrected chi connectivity index (χ3v) is 4.21. The van der Waals surface area contributed by atoms with E-state index in [1.54, 1.807) is 6.33 Å². The van der Waals surface area contributed by atoms with Gasteiger partial charge in [0.05, 0.1) is 6.33 Å². The predicted molar refractivity (Wildman–Crippen MR) is 95.6 cm³/mol. The van der Waals surface area contributed by atoms with Crippen molar-refractivity contribution in [2.24, 2.45) is 0 Å². The summed E-state index contributed by atoms with van der Waals surface area (Å²) >= 11 is 0. The number of rotatable bonds is 4. The lowest BCUT2D eigenvalue weighted by Gasteiger charge is -2.05. The molecule has 118 valence electrons. The van der Waals surface area contributed by atoms with Crippen molar-refractivity contribution in [2.45, 2.75) is 19.9 Å². The van der Waals surface area contributed by atoms with E-state index >= 15 is 0 Å².